The van der Waals surface area contributed by atoms with Crippen molar-refractivity contribution in [2.45, 2.75) is 38.3 Å². The Morgan fingerprint density at radius 3 is 2.80 bits per heavy atom. The van der Waals surface area contributed by atoms with Gasteiger partial charge in [-0.05, 0) is 44.0 Å². The van der Waals surface area contributed by atoms with Crippen molar-refractivity contribution in [3.63, 3.8) is 0 Å². The van der Waals surface area contributed by atoms with E-state index in [-0.39, 0.29) is 0 Å². The molecule has 1 saturated heterocycles. The van der Waals surface area contributed by atoms with Gasteiger partial charge in [-0.25, -0.2) is 0 Å². The quantitative estimate of drug-likeness (QED) is 0.900. The molecule has 0 spiro atoms. The van der Waals surface area contributed by atoms with Gasteiger partial charge in [-0.15, -0.1) is 0 Å². The molecule has 1 aromatic carbocycles. The van der Waals surface area contributed by atoms with Crippen molar-refractivity contribution in [1.29, 1.82) is 0 Å². The normalized spacial score (nSPS) is 25.0. The third-order valence-corrected chi connectivity index (χ3v) is 4.29. The molecule has 110 valence electrons. The molecule has 0 saturated carbocycles. The van der Waals surface area contributed by atoms with E-state index in [1.807, 2.05) is 6.07 Å². The van der Waals surface area contributed by atoms with Crippen LogP contribution in [0.15, 0.2) is 18.2 Å². The molecule has 4 nitrogen and oxygen atoms in total. The molecule has 2 aliphatic rings. The SMILES string of the molecule is CC(c1ccc2c(c1)OCCCO2)N1CCCC(N)C1. The summed E-state index contributed by atoms with van der Waals surface area (Å²) in [5, 5.41) is 0. The lowest BCUT2D eigenvalue weighted by molar-refractivity contribution is 0.159. The van der Waals surface area contributed by atoms with Gasteiger partial charge in [-0.3, -0.25) is 4.90 Å². The van der Waals surface area contributed by atoms with E-state index < -0.39 is 0 Å². The number of hydrogen-bond acceptors (Lipinski definition) is 4. The van der Waals surface area contributed by atoms with Crippen molar-refractivity contribution in [1.82, 2.24) is 4.90 Å². The van der Waals surface area contributed by atoms with Gasteiger partial charge in [-0.1, -0.05) is 6.07 Å². The molecule has 0 bridgehead atoms. The number of ether oxygens (including phenoxy) is 2. The van der Waals surface area contributed by atoms with Crippen LogP contribution in [0.4, 0.5) is 0 Å². The molecule has 0 aromatic heterocycles. The Labute approximate surface area is 120 Å². The number of nitrogens with two attached hydrogens (primary N) is 1. The molecule has 3 rings (SSSR count). The van der Waals surface area contributed by atoms with E-state index in [4.69, 9.17) is 15.2 Å². The van der Waals surface area contributed by atoms with Crippen LogP contribution >= 0.6 is 0 Å². The minimum Gasteiger partial charge on any atom is -0.490 e. The van der Waals surface area contributed by atoms with Crippen molar-refractivity contribution < 1.29 is 9.47 Å². The Bertz CT molecular complexity index is 464. The molecule has 2 N–H and O–H groups in total. The lowest BCUT2D eigenvalue weighted by Gasteiger charge is -2.35. The largest absolute Gasteiger partial charge is 0.490 e. The topological polar surface area (TPSA) is 47.7 Å². The van der Waals surface area contributed by atoms with Crippen LogP contribution < -0.4 is 15.2 Å². The van der Waals surface area contributed by atoms with Crippen molar-refractivity contribution >= 4 is 0 Å². The lowest BCUT2D eigenvalue weighted by Crippen LogP contribution is -2.43. The van der Waals surface area contributed by atoms with Crippen LogP contribution in [0, 0.1) is 0 Å². The summed E-state index contributed by atoms with van der Waals surface area (Å²) in [5.74, 6) is 1.75. The summed E-state index contributed by atoms with van der Waals surface area (Å²) >= 11 is 0. The zero-order chi connectivity index (χ0) is 13.9. The van der Waals surface area contributed by atoms with Gasteiger partial charge in [0.2, 0.25) is 0 Å². The first-order chi connectivity index (χ1) is 9.74. The second-order valence-corrected chi connectivity index (χ2v) is 5.83. The molecule has 2 unspecified atom stereocenters. The van der Waals surface area contributed by atoms with Gasteiger partial charge in [0.15, 0.2) is 11.5 Å². The van der Waals surface area contributed by atoms with Crippen molar-refractivity contribution in [2.75, 3.05) is 26.3 Å². The molecule has 0 amide bonds. The molecule has 0 radical (unpaired) electrons. The molecule has 2 aliphatic heterocycles. The molecule has 1 fully saturated rings. The third kappa shape index (κ3) is 2.91. The van der Waals surface area contributed by atoms with Crippen LogP contribution in [-0.2, 0) is 0 Å². The first-order valence-electron chi connectivity index (χ1n) is 7.63. The standard InChI is InChI=1S/C16H24N2O2/c1-12(18-7-2-4-14(17)11-18)13-5-6-15-16(10-13)20-9-3-8-19-15/h5-6,10,12,14H,2-4,7-9,11,17H2,1H3. The highest BCUT2D eigenvalue weighted by Gasteiger charge is 2.23. The molecule has 4 heteroatoms. The Hall–Kier alpha value is -1.26. The molecule has 2 heterocycles. The van der Waals surface area contributed by atoms with Crippen molar-refractivity contribution in [3.05, 3.63) is 23.8 Å². The Morgan fingerprint density at radius 1 is 1.20 bits per heavy atom. The van der Waals surface area contributed by atoms with E-state index in [1.165, 1.54) is 12.0 Å². The number of benzene rings is 1. The van der Waals surface area contributed by atoms with Crippen LogP contribution in [0.25, 0.3) is 0 Å². The zero-order valence-electron chi connectivity index (χ0n) is 12.2. The number of nitrogens with zero attached hydrogens (tertiary/aromatic N) is 1. The first kappa shape index (κ1) is 13.7. The smallest absolute Gasteiger partial charge is 0.161 e. The number of hydrogen-bond donors (Lipinski definition) is 1. The zero-order valence-corrected chi connectivity index (χ0v) is 12.2. The predicted octanol–water partition coefficient (Wildman–Crippen LogP) is 2.33. The molecule has 1 aromatic rings. The van der Waals surface area contributed by atoms with E-state index in [0.717, 1.165) is 50.6 Å². The summed E-state index contributed by atoms with van der Waals surface area (Å²) < 4.78 is 11.5. The molecule has 20 heavy (non-hydrogen) atoms. The summed E-state index contributed by atoms with van der Waals surface area (Å²) in [7, 11) is 0. The van der Waals surface area contributed by atoms with Gasteiger partial charge in [-0.2, -0.15) is 0 Å². The fraction of sp³-hybridized carbons (Fsp3) is 0.625. The summed E-state index contributed by atoms with van der Waals surface area (Å²) in [6.07, 6.45) is 3.28. The van der Waals surface area contributed by atoms with Crippen LogP contribution in [0.3, 0.4) is 0 Å². The summed E-state index contributed by atoms with van der Waals surface area (Å²) in [6.45, 7) is 5.83. The highest BCUT2D eigenvalue weighted by molar-refractivity contribution is 5.44. The lowest BCUT2D eigenvalue weighted by atomic mass is 10.0. The maximum atomic E-state index is 6.09. The van der Waals surface area contributed by atoms with Crippen LogP contribution in [0.1, 0.15) is 37.8 Å². The van der Waals surface area contributed by atoms with E-state index in [1.54, 1.807) is 0 Å². The molecular formula is C16H24N2O2. The number of fused-ring (bicyclic) bond motifs is 1. The highest BCUT2D eigenvalue weighted by Crippen LogP contribution is 2.34. The van der Waals surface area contributed by atoms with Gasteiger partial charge in [0.25, 0.3) is 0 Å². The van der Waals surface area contributed by atoms with E-state index in [9.17, 15) is 0 Å². The van der Waals surface area contributed by atoms with E-state index in [0.29, 0.717) is 12.1 Å². The van der Waals surface area contributed by atoms with Crippen molar-refractivity contribution in [3.8, 4) is 11.5 Å². The van der Waals surface area contributed by atoms with Gasteiger partial charge in [0.1, 0.15) is 0 Å². The Kier molecular flexibility index (Phi) is 4.13. The summed E-state index contributed by atoms with van der Waals surface area (Å²) in [4.78, 5) is 2.47. The summed E-state index contributed by atoms with van der Waals surface area (Å²) in [5.41, 5.74) is 7.37. The van der Waals surface area contributed by atoms with E-state index >= 15 is 0 Å². The molecular weight excluding hydrogens is 252 g/mol. The second-order valence-electron chi connectivity index (χ2n) is 5.83. The minimum atomic E-state index is 0.312. The third-order valence-electron chi connectivity index (χ3n) is 4.29. The highest BCUT2D eigenvalue weighted by atomic mass is 16.5. The average molecular weight is 276 g/mol. The average Bonchev–Trinajstić information content (AvgIpc) is 2.71. The first-order valence-corrected chi connectivity index (χ1v) is 7.63. The second kappa shape index (κ2) is 6.02. The summed E-state index contributed by atoms with van der Waals surface area (Å²) in [6, 6.07) is 7.00. The molecule has 0 aliphatic carbocycles. The van der Waals surface area contributed by atoms with Gasteiger partial charge in [0, 0.05) is 25.0 Å². The van der Waals surface area contributed by atoms with Crippen LogP contribution in [-0.4, -0.2) is 37.2 Å². The number of piperidine rings is 1. The van der Waals surface area contributed by atoms with Crippen LogP contribution in [0.5, 0.6) is 11.5 Å². The van der Waals surface area contributed by atoms with Gasteiger partial charge >= 0.3 is 0 Å². The minimum absolute atomic E-state index is 0.312. The fourth-order valence-electron chi connectivity index (χ4n) is 3.04. The molecule has 2 atom stereocenters. The Balaban J connectivity index is 1.77. The number of likely N-dealkylation sites (tertiary alicyclic amines) is 1. The van der Waals surface area contributed by atoms with Gasteiger partial charge < -0.3 is 15.2 Å². The Morgan fingerprint density at radius 2 is 2.00 bits per heavy atom. The van der Waals surface area contributed by atoms with E-state index in [2.05, 4.69) is 24.0 Å². The predicted molar refractivity (Wildman–Crippen MR) is 79.2 cm³/mol. The van der Waals surface area contributed by atoms with Crippen LogP contribution in [0.2, 0.25) is 0 Å². The maximum absolute atomic E-state index is 6.09. The number of rotatable bonds is 2. The fourth-order valence-corrected chi connectivity index (χ4v) is 3.04. The van der Waals surface area contributed by atoms with Crippen molar-refractivity contribution in [2.24, 2.45) is 5.73 Å². The van der Waals surface area contributed by atoms with Gasteiger partial charge in [0.05, 0.1) is 13.2 Å². The maximum Gasteiger partial charge on any atom is 0.161 e. The monoisotopic (exact) mass is 276 g/mol.